The van der Waals surface area contributed by atoms with E-state index in [4.69, 9.17) is 9.47 Å². The number of fused-ring (bicyclic) bond motifs is 1. The quantitative estimate of drug-likeness (QED) is 0.431. The molecule has 0 saturated heterocycles. The van der Waals surface area contributed by atoms with Crippen LogP contribution in [0, 0.1) is 10.1 Å². The fourth-order valence-electron chi connectivity index (χ4n) is 3.18. The third-order valence-corrected chi connectivity index (χ3v) is 4.61. The van der Waals surface area contributed by atoms with Gasteiger partial charge in [-0.15, -0.1) is 0 Å². The van der Waals surface area contributed by atoms with E-state index in [0.717, 1.165) is 12.0 Å². The molecule has 0 saturated carbocycles. The maximum absolute atomic E-state index is 12.7. The number of nitrogens with zero attached hydrogens (tertiary/aromatic N) is 2. The molecule has 0 aliphatic carbocycles. The molecule has 28 heavy (non-hydrogen) atoms. The average molecular weight is 384 g/mol. The van der Waals surface area contributed by atoms with E-state index in [1.807, 2.05) is 0 Å². The minimum absolute atomic E-state index is 0.0135. The lowest BCUT2D eigenvalue weighted by atomic mass is 10.0. The zero-order valence-electron chi connectivity index (χ0n) is 15.6. The number of Topliss-reactive ketones (excluding diaryl/α,β-unsaturated/α-hetero) is 1. The normalized spacial score (nSPS) is 12.9. The van der Waals surface area contributed by atoms with Crippen molar-refractivity contribution in [2.45, 2.75) is 19.8 Å². The van der Waals surface area contributed by atoms with Gasteiger partial charge in [-0.2, -0.15) is 0 Å². The van der Waals surface area contributed by atoms with Gasteiger partial charge < -0.3 is 14.4 Å². The number of nitro benzene ring substituents is 1. The second kappa shape index (κ2) is 8.08. The Bertz CT molecular complexity index is 940. The number of hydrogen-bond donors (Lipinski definition) is 0. The van der Waals surface area contributed by atoms with Crippen LogP contribution in [0.4, 0.5) is 11.4 Å². The predicted molar refractivity (Wildman–Crippen MR) is 102 cm³/mol. The van der Waals surface area contributed by atoms with Gasteiger partial charge in [0.25, 0.3) is 11.6 Å². The number of non-ortho nitro benzene ring substituents is 1. The average Bonchev–Trinajstić information content (AvgIpc) is 2.70. The van der Waals surface area contributed by atoms with Gasteiger partial charge in [-0.1, -0.05) is 0 Å². The van der Waals surface area contributed by atoms with Gasteiger partial charge >= 0.3 is 0 Å². The molecule has 8 nitrogen and oxygen atoms in total. The summed E-state index contributed by atoms with van der Waals surface area (Å²) in [5, 5.41) is 11.0. The summed E-state index contributed by atoms with van der Waals surface area (Å²) >= 11 is 0. The van der Waals surface area contributed by atoms with Crippen molar-refractivity contribution in [1.29, 1.82) is 0 Å². The predicted octanol–water partition coefficient (Wildman–Crippen LogP) is 3.16. The standard InChI is InChI=1S/C20H20N2O6/c1-13(23)14-5-8-18(19(11-14)27-2)28-12-20(24)21-9-3-4-15-10-16(22(25)26)6-7-17(15)21/h5-8,10-11H,3-4,9,12H2,1-2H3. The van der Waals surface area contributed by atoms with Gasteiger partial charge in [0.2, 0.25) is 0 Å². The van der Waals surface area contributed by atoms with Gasteiger partial charge in [0, 0.05) is 29.9 Å². The molecular formula is C20H20N2O6. The Morgan fingerprint density at radius 1 is 1.18 bits per heavy atom. The van der Waals surface area contributed by atoms with Gasteiger partial charge in [-0.3, -0.25) is 19.7 Å². The number of ketones is 1. The van der Waals surface area contributed by atoms with Crippen LogP contribution >= 0.6 is 0 Å². The van der Waals surface area contributed by atoms with Crippen molar-refractivity contribution in [1.82, 2.24) is 0 Å². The summed E-state index contributed by atoms with van der Waals surface area (Å²) in [4.78, 5) is 36.3. The molecule has 0 spiro atoms. The van der Waals surface area contributed by atoms with Crippen molar-refractivity contribution < 1.29 is 24.0 Å². The Balaban J connectivity index is 1.75. The number of rotatable bonds is 6. The zero-order valence-corrected chi connectivity index (χ0v) is 15.6. The van der Waals surface area contributed by atoms with E-state index in [2.05, 4.69) is 0 Å². The van der Waals surface area contributed by atoms with E-state index in [0.29, 0.717) is 35.7 Å². The van der Waals surface area contributed by atoms with E-state index in [1.54, 1.807) is 29.2 Å². The third-order valence-electron chi connectivity index (χ3n) is 4.61. The van der Waals surface area contributed by atoms with Crippen molar-refractivity contribution in [3.8, 4) is 11.5 Å². The first-order chi connectivity index (χ1) is 13.4. The second-order valence-electron chi connectivity index (χ2n) is 6.43. The molecule has 2 aromatic carbocycles. The van der Waals surface area contributed by atoms with Crippen LogP contribution in [-0.2, 0) is 11.2 Å². The molecule has 8 heteroatoms. The van der Waals surface area contributed by atoms with Crippen molar-refractivity contribution >= 4 is 23.1 Å². The lowest BCUT2D eigenvalue weighted by molar-refractivity contribution is -0.384. The maximum atomic E-state index is 12.7. The zero-order chi connectivity index (χ0) is 20.3. The SMILES string of the molecule is COc1cc(C(C)=O)ccc1OCC(=O)N1CCCc2cc([N+](=O)[O-])ccc21. The van der Waals surface area contributed by atoms with Crippen LogP contribution in [0.2, 0.25) is 0 Å². The number of methoxy groups -OCH3 is 1. The number of benzene rings is 2. The van der Waals surface area contributed by atoms with E-state index < -0.39 is 4.92 Å². The van der Waals surface area contributed by atoms with Crippen LogP contribution < -0.4 is 14.4 Å². The van der Waals surface area contributed by atoms with Crippen molar-refractivity contribution in [2.75, 3.05) is 25.2 Å². The molecule has 0 N–H and O–H groups in total. The summed E-state index contributed by atoms with van der Waals surface area (Å²) in [6.45, 7) is 1.76. The summed E-state index contributed by atoms with van der Waals surface area (Å²) in [6, 6.07) is 9.29. The Labute approximate surface area is 161 Å². The first-order valence-electron chi connectivity index (χ1n) is 8.80. The molecule has 2 aromatic rings. The highest BCUT2D eigenvalue weighted by Gasteiger charge is 2.25. The van der Waals surface area contributed by atoms with Gasteiger partial charge in [-0.05, 0) is 49.6 Å². The highest BCUT2D eigenvalue weighted by molar-refractivity contribution is 5.96. The molecule has 1 amide bonds. The minimum Gasteiger partial charge on any atom is -0.493 e. The minimum atomic E-state index is -0.443. The second-order valence-corrected chi connectivity index (χ2v) is 6.43. The summed E-state index contributed by atoms with van der Waals surface area (Å²) < 4.78 is 10.9. The van der Waals surface area contributed by atoms with Crippen LogP contribution in [0.3, 0.4) is 0 Å². The molecule has 1 aliphatic rings. The lowest BCUT2D eigenvalue weighted by Crippen LogP contribution is -2.38. The first kappa shape index (κ1) is 19.3. The Hall–Kier alpha value is -3.42. The van der Waals surface area contributed by atoms with E-state index in [-0.39, 0.29) is 24.0 Å². The fourth-order valence-corrected chi connectivity index (χ4v) is 3.18. The molecule has 0 bridgehead atoms. The summed E-state index contributed by atoms with van der Waals surface area (Å²) in [6.07, 6.45) is 1.40. The van der Waals surface area contributed by atoms with Gasteiger partial charge in [-0.25, -0.2) is 0 Å². The molecule has 0 fully saturated rings. The number of anilines is 1. The monoisotopic (exact) mass is 384 g/mol. The number of hydrogen-bond acceptors (Lipinski definition) is 6. The Morgan fingerprint density at radius 2 is 1.96 bits per heavy atom. The molecule has 146 valence electrons. The molecule has 0 radical (unpaired) electrons. The van der Waals surface area contributed by atoms with Crippen LogP contribution in [0.15, 0.2) is 36.4 Å². The number of carbonyl (C=O) groups excluding carboxylic acids is 2. The van der Waals surface area contributed by atoms with Gasteiger partial charge in [0.1, 0.15) is 0 Å². The topological polar surface area (TPSA) is 99.0 Å². The summed E-state index contributed by atoms with van der Waals surface area (Å²) in [5.74, 6) is 0.379. The first-order valence-corrected chi connectivity index (χ1v) is 8.80. The molecule has 1 heterocycles. The molecule has 0 aromatic heterocycles. The van der Waals surface area contributed by atoms with Crippen LogP contribution in [0.1, 0.15) is 29.3 Å². The molecule has 0 unspecified atom stereocenters. The molecule has 0 atom stereocenters. The van der Waals surface area contributed by atoms with Crippen LogP contribution in [0.5, 0.6) is 11.5 Å². The van der Waals surface area contributed by atoms with Gasteiger partial charge in [0.05, 0.1) is 12.0 Å². The Kier molecular flexibility index (Phi) is 5.58. The van der Waals surface area contributed by atoms with E-state index in [9.17, 15) is 19.7 Å². The highest BCUT2D eigenvalue weighted by atomic mass is 16.6. The molecule has 3 rings (SSSR count). The Morgan fingerprint density at radius 3 is 2.64 bits per heavy atom. The van der Waals surface area contributed by atoms with Gasteiger partial charge in [0.15, 0.2) is 23.9 Å². The molecular weight excluding hydrogens is 364 g/mol. The van der Waals surface area contributed by atoms with E-state index in [1.165, 1.54) is 26.2 Å². The summed E-state index contributed by atoms with van der Waals surface area (Å²) in [7, 11) is 1.46. The largest absolute Gasteiger partial charge is 0.493 e. The van der Waals surface area contributed by atoms with Crippen molar-refractivity contribution in [3.05, 3.63) is 57.6 Å². The van der Waals surface area contributed by atoms with E-state index >= 15 is 0 Å². The fraction of sp³-hybridized carbons (Fsp3) is 0.300. The summed E-state index contributed by atoms with van der Waals surface area (Å²) in [5.41, 5.74) is 1.95. The molecule has 1 aliphatic heterocycles. The smallest absolute Gasteiger partial charge is 0.269 e. The number of amides is 1. The number of aryl methyl sites for hydroxylation is 1. The number of ether oxygens (including phenoxy) is 2. The number of carbonyl (C=O) groups is 2. The van der Waals surface area contributed by atoms with Crippen LogP contribution in [0.25, 0.3) is 0 Å². The van der Waals surface area contributed by atoms with Crippen LogP contribution in [-0.4, -0.2) is 36.9 Å². The number of nitro groups is 1. The van der Waals surface area contributed by atoms with Crippen molar-refractivity contribution in [2.24, 2.45) is 0 Å². The highest BCUT2D eigenvalue weighted by Crippen LogP contribution is 2.31. The maximum Gasteiger partial charge on any atom is 0.269 e. The van der Waals surface area contributed by atoms with Crippen molar-refractivity contribution in [3.63, 3.8) is 0 Å². The third kappa shape index (κ3) is 3.95. The lowest BCUT2D eigenvalue weighted by Gasteiger charge is -2.29.